The quantitative estimate of drug-likeness (QED) is 0.551. The number of nitrogens with one attached hydrogen (secondary N) is 1. The molecule has 3 aromatic heterocycles. The monoisotopic (exact) mass is 416 g/mol. The number of fused-ring (bicyclic) bond motifs is 1. The van der Waals surface area contributed by atoms with Crippen LogP contribution in [0, 0.1) is 0 Å². The zero-order valence-electron chi connectivity index (χ0n) is 12.9. The van der Waals surface area contributed by atoms with Crippen molar-refractivity contribution >= 4 is 37.0 Å². The summed E-state index contributed by atoms with van der Waals surface area (Å²) in [4.78, 5) is 4.33. The number of H-pyrrole nitrogens is 1. The molecule has 1 aromatic carbocycles. The van der Waals surface area contributed by atoms with Gasteiger partial charge in [0.05, 0.1) is 11.9 Å². The van der Waals surface area contributed by atoms with Gasteiger partial charge in [-0.3, -0.25) is 5.10 Å². The third-order valence-electron chi connectivity index (χ3n) is 3.88. The number of benzene rings is 1. The molecule has 0 aliphatic heterocycles. The minimum atomic E-state index is -3.61. The maximum absolute atomic E-state index is 13.0. The highest BCUT2D eigenvalue weighted by atomic mass is 79.9. The summed E-state index contributed by atoms with van der Waals surface area (Å²) in [5, 5.41) is 7.45. The maximum atomic E-state index is 13.0. The van der Waals surface area contributed by atoms with E-state index in [1.54, 1.807) is 36.9 Å². The van der Waals surface area contributed by atoms with Gasteiger partial charge in [-0.05, 0) is 27.6 Å². The molecule has 6 nitrogen and oxygen atoms in total. The van der Waals surface area contributed by atoms with Crippen molar-refractivity contribution in [1.29, 1.82) is 0 Å². The van der Waals surface area contributed by atoms with Gasteiger partial charge in [0.15, 0.2) is 5.65 Å². The first kappa shape index (κ1) is 16.0. The summed E-state index contributed by atoms with van der Waals surface area (Å²) in [6.45, 7) is 0. The average molecular weight is 417 g/mol. The molecule has 0 saturated carbocycles. The molecule has 25 heavy (non-hydrogen) atoms. The lowest BCUT2D eigenvalue weighted by Crippen LogP contribution is -2.14. The summed E-state index contributed by atoms with van der Waals surface area (Å²) >= 11 is 3.40. The standard InChI is InChI=1S/C17H13BrN4O2S/c18-14-6-15-16(13-7-20-21-8-13)10-22(17(15)19-9-14)25(23,24)11-12-4-2-1-3-5-12/h1-10H,11H2,(H,20,21). The van der Waals surface area contributed by atoms with Crippen LogP contribution < -0.4 is 0 Å². The second kappa shape index (κ2) is 6.12. The number of aromatic nitrogens is 4. The SMILES string of the molecule is O=S(=O)(Cc1ccccc1)n1cc(-c2cn[nH]c2)c2cc(Br)cnc21. The van der Waals surface area contributed by atoms with Crippen LogP contribution in [0.5, 0.6) is 0 Å². The largest absolute Gasteiger partial charge is 0.285 e. The smallest absolute Gasteiger partial charge is 0.244 e. The van der Waals surface area contributed by atoms with Crippen molar-refractivity contribution in [3.05, 3.63) is 71.2 Å². The van der Waals surface area contributed by atoms with Crippen LogP contribution in [0.4, 0.5) is 0 Å². The molecule has 4 aromatic rings. The van der Waals surface area contributed by atoms with Gasteiger partial charge in [-0.25, -0.2) is 17.4 Å². The molecule has 0 atom stereocenters. The van der Waals surface area contributed by atoms with Gasteiger partial charge in [0.25, 0.3) is 0 Å². The van der Waals surface area contributed by atoms with Crippen LogP contribution in [0.3, 0.4) is 0 Å². The topological polar surface area (TPSA) is 80.6 Å². The zero-order valence-corrected chi connectivity index (χ0v) is 15.3. The Balaban J connectivity index is 1.90. The lowest BCUT2D eigenvalue weighted by atomic mass is 10.1. The number of hydrogen-bond acceptors (Lipinski definition) is 4. The fraction of sp³-hybridized carbons (Fsp3) is 0.0588. The van der Waals surface area contributed by atoms with Gasteiger partial charge >= 0.3 is 0 Å². The first-order valence-corrected chi connectivity index (χ1v) is 9.88. The molecule has 3 heterocycles. The highest BCUT2D eigenvalue weighted by Gasteiger charge is 2.21. The predicted octanol–water partition coefficient (Wildman–Crippen LogP) is 3.57. The average Bonchev–Trinajstić information content (AvgIpc) is 3.22. The molecule has 0 fully saturated rings. The Labute approximate surface area is 152 Å². The van der Waals surface area contributed by atoms with E-state index in [2.05, 4.69) is 31.1 Å². The van der Waals surface area contributed by atoms with E-state index in [4.69, 9.17) is 0 Å². The number of rotatable bonds is 4. The second-order valence-corrected chi connectivity index (χ2v) is 8.35. The summed E-state index contributed by atoms with van der Waals surface area (Å²) in [5.74, 6) is -0.0970. The number of pyridine rings is 1. The predicted molar refractivity (Wildman–Crippen MR) is 99.5 cm³/mol. The van der Waals surface area contributed by atoms with Gasteiger partial charge in [-0.2, -0.15) is 5.10 Å². The van der Waals surface area contributed by atoms with Crippen LogP contribution in [0.1, 0.15) is 5.56 Å². The van der Waals surface area contributed by atoms with Crippen molar-refractivity contribution in [3.8, 4) is 11.1 Å². The van der Waals surface area contributed by atoms with E-state index < -0.39 is 10.0 Å². The first-order chi connectivity index (χ1) is 12.0. The van der Waals surface area contributed by atoms with Crippen LogP contribution in [0.25, 0.3) is 22.2 Å². The summed E-state index contributed by atoms with van der Waals surface area (Å²) in [6, 6.07) is 11.0. The third-order valence-corrected chi connectivity index (χ3v) is 5.89. The Hall–Kier alpha value is -2.45. The molecular weight excluding hydrogens is 404 g/mol. The fourth-order valence-corrected chi connectivity index (χ4v) is 4.51. The molecule has 8 heteroatoms. The molecule has 0 spiro atoms. The van der Waals surface area contributed by atoms with Crippen molar-refractivity contribution < 1.29 is 8.42 Å². The molecule has 1 N–H and O–H groups in total. The van der Waals surface area contributed by atoms with Crippen molar-refractivity contribution in [2.45, 2.75) is 5.75 Å². The summed E-state index contributed by atoms with van der Waals surface area (Å²) in [6.07, 6.45) is 6.58. The summed E-state index contributed by atoms with van der Waals surface area (Å²) < 4.78 is 28.0. The van der Waals surface area contributed by atoms with E-state index >= 15 is 0 Å². The van der Waals surface area contributed by atoms with Gasteiger partial charge in [-0.1, -0.05) is 30.3 Å². The van der Waals surface area contributed by atoms with E-state index in [-0.39, 0.29) is 5.75 Å². The lowest BCUT2D eigenvalue weighted by molar-refractivity contribution is 0.588. The van der Waals surface area contributed by atoms with E-state index in [0.717, 1.165) is 26.5 Å². The molecule has 0 amide bonds. The Kier molecular flexibility index (Phi) is 3.93. The maximum Gasteiger partial charge on any atom is 0.244 e. The normalized spacial score (nSPS) is 11.9. The Bertz CT molecular complexity index is 1140. The Morgan fingerprint density at radius 3 is 2.68 bits per heavy atom. The van der Waals surface area contributed by atoms with Crippen LogP contribution in [-0.4, -0.2) is 27.6 Å². The highest BCUT2D eigenvalue weighted by Crippen LogP contribution is 2.32. The molecule has 0 aliphatic rings. The van der Waals surface area contributed by atoms with Gasteiger partial charge in [0.2, 0.25) is 10.0 Å². The van der Waals surface area contributed by atoms with Gasteiger partial charge in [-0.15, -0.1) is 0 Å². The number of halogens is 1. The molecule has 0 aliphatic carbocycles. The molecule has 0 bridgehead atoms. The number of nitrogens with zero attached hydrogens (tertiary/aromatic N) is 3. The molecule has 126 valence electrons. The van der Waals surface area contributed by atoms with E-state index in [1.165, 1.54) is 3.97 Å². The zero-order chi connectivity index (χ0) is 17.4. The van der Waals surface area contributed by atoms with E-state index in [9.17, 15) is 8.42 Å². The first-order valence-electron chi connectivity index (χ1n) is 7.47. The van der Waals surface area contributed by atoms with Crippen molar-refractivity contribution in [2.24, 2.45) is 0 Å². The molecule has 4 rings (SSSR count). The minimum absolute atomic E-state index is 0.0970. The molecule has 0 radical (unpaired) electrons. The molecule has 0 unspecified atom stereocenters. The van der Waals surface area contributed by atoms with E-state index in [0.29, 0.717) is 5.65 Å². The Morgan fingerprint density at radius 2 is 1.96 bits per heavy atom. The lowest BCUT2D eigenvalue weighted by Gasteiger charge is -2.07. The van der Waals surface area contributed by atoms with Gasteiger partial charge in [0.1, 0.15) is 0 Å². The van der Waals surface area contributed by atoms with Crippen molar-refractivity contribution in [2.75, 3.05) is 0 Å². The van der Waals surface area contributed by atoms with Gasteiger partial charge in [0, 0.05) is 39.6 Å². The third kappa shape index (κ3) is 2.98. The molecule has 0 saturated heterocycles. The van der Waals surface area contributed by atoms with Crippen LogP contribution >= 0.6 is 15.9 Å². The highest BCUT2D eigenvalue weighted by molar-refractivity contribution is 9.10. The van der Waals surface area contributed by atoms with Crippen LogP contribution in [-0.2, 0) is 15.8 Å². The van der Waals surface area contributed by atoms with Crippen molar-refractivity contribution in [1.82, 2.24) is 19.2 Å². The Morgan fingerprint density at radius 1 is 1.16 bits per heavy atom. The minimum Gasteiger partial charge on any atom is -0.285 e. The number of hydrogen-bond donors (Lipinski definition) is 1. The fourth-order valence-electron chi connectivity index (χ4n) is 2.75. The van der Waals surface area contributed by atoms with Crippen LogP contribution in [0.15, 0.2) is 65.7 Å². The summed E-state index contributed by atoms with van der Waals surface area (Å²) in [5.41, 5.74) is 2.69. The molecular formula is C17H13BrN4O2S. The van der Waals surface area contributed by atoms with E-state index in [1.807, 2.05) is 24.3 Å². The number of aromatic amines is 1. The van der Waals surface area contributed by atoms with Gasteiger partial charge < -0.3 is 0 Å². The van der Waals surface area contributed by atoms with Crippen LogP contribution in [0.2, 0.25) is 0 Å². The second-order valence-electron chi connectivity index (χ2n) is 5.59. The summed E-state index contributed by atoms with van der Waals surface area (Å²) in [7, 11) is -3.61. The van der Waals surface area contributed by atoms with Crippen molar-refractivity contribution in [3.63, 3.8) is 0 Å².